The fraction of sp³-hybridized carbons (Fsp3) is 0.625. The molecule has 0 aliphatic carbocycles. The van der Waals surface area contributed by atoms with Gasteiger partial charge in [-0.2, -0.15) is 0 Å². The van der Waals surface area contributed by atoms with Gasteiger partial charge >= 0.3 is 11.9 Å². The zero-order valence-electron chi connectivity index (χ0n) is 27.3. The van der Waals surface area contributed by atoms with Gasteiger partial charge in [-0.15, -0.1) is 0 Å². The number of nitrogens with zero attached hydrogens (tertiary/aromatic N) is 1. The van der Waals surface area contributed by atoms with E-state index in [1.165, 1.54) is 0 Å². The molecule has 3 amide bonds. The van der Waals surface area contributed by atoms with Crippen LogP contribution in [0.25, 0.3) is 0 Å². The lowest BCUT2D eigenvalue weighted by Crippen LogP contribution is -2.61. The molecule has 0 aliphatic heterocycles. The molecule has 0 heterocycles. The second kappa shape index (κ2) is 17.3. The maximum atomic E-state index is 13.9. The van der Waals surface area contributed by atoms with Gasteiger partial charge in [0.25, 0.3) is 0 Å². The van der Waals surface area contributed by atoms with E-state index in [4.69, 9.17) is 9.47 Å². The van der Waals surface area contributed by atoms with Crippen LogP contribution in [-0.4, -0.2) is 69.1 Å². The Bertz CT molecular complexity index is 1160. The first kappa shape index (κ1) is 38.7. The van der Waals surface area contributed by atoms with E-state index in [-0.39, 0.29) is 24.6 Å². The number of carbonyl (C=O) groups is 6. The molecule has 0 fully saturated rings. The Morgan fingerprint density at radius 1 is 0.841 bits per heavy atom. The zero-order chi connectivity index (χ0) is 33.8. The summed E-state index contributed by atoms with van der Waals surface area (Å²) in [5, 5.41) is 3.44. The summed E-state index contributed by atoms with van der Waals surface area (Å²) in [5.41, 5.74) is 1.73. The summed E-state index contributed by atoms with van der Waals surface area (Å²) >= 11 is 3.09. The van der Waals surface area contributed by atoms with Crippen molar-refractivity contribution in [3.05, 3.63) is 35.9 Å². The van der Waals surface area contributed by atoms with Crippen LogP contribution in [0.5, 0.6) is 0 Å². The highest BCUT2D eigenvalue weighted by molar-refractivity contribution is 9.09. The zero-order valence-corrected chi connectivity index (χ0v) is 28.9. The molecule has 0 spiro atoms. The Morgan fingerprint density at radius 3 is 1.82 bits per heavy atom. The molecule has 1 rings (SSSR count). The molecule has 0 saturated carbocycles. The predicted octanol–water partition coefficient (Wildman–Crippen LogP) is 4.37. The molecule has 44 heavy (non-hydrogen) atoms. The molecule has 246 valence electrons. The number of esters is 2. The van der Waals surface area contributed by atoms with Crippen molar-refractivity contribution in [3.8, 4) is 0 Å². The minimum absolute atomic E-state index is 0.0274. The van der Waals surface area contributed by atoms with Crippen LogP contribution in [0.15, 0.2) is 30.3 Å². The normalized spacial score (nSPS) is 13.7. The highest BCUT2D eigenvalue weighted by Crippen LogP contribution is 2.27. The summed E-state index contributed by atoms with van der Waals surface area (Å²) in [5.74, 6) is -4.67. The fourth-order valence-corrected chi connectivity index (χ4v) is 4.68. The van der Waals surface area contributed by atoms with Crippen molar-refractivity contribution in [2.75, 3.05) is 5.33 Å². The van der Waals surface area contributed by atoms with E-state index < -0.39 is 77.0 Å². The van der Waals surface area contributed by atoms with Crippen molar-refractivity contribution < 1.29 is 38.2 Å². The van der Waals surface area contributed by atoms with Gasteiger partial charge < -0.3 is 14.8 Å². The summed E-state index contributed by atoms with van der Waals surface area (Å²) < 4.78 is 10.8. The fourth-order valence-electron chi connectivity index (χ4n) is 4.29. The monoisotopic (exact) mass is 681 g/mol. The number of nitrogens with one attached hydrogen (secondary N) is 2. The minimum Gasteiger partial charge on any atom is -0.460 e. The van der Waals surface area contributed by atoms with Crippen molar-refractivity contribution in [3.63, 3.8) is 0 Å². The van der Waals surface area contributed by atoms with Gasteiger partial charge in [0.15, 0.2) is 5.78 Å². The van der Waals surface area contributed by atoms with Gasteiger partial charge in [0.2, 0.25) is 17.7 Å². The molecule has 2 N–H and O–H groups in total. The average molecular weight is 683 g/mol. The Balaban J connectivity index is 3.41. The lowest BCUT2D eigenvalue weighted by molar-refractivity contribution is -0.158. The van der Waals surface area contributed by atoms with Crippen molar-refractivity contribution in [2.45, 2.75) is 117 Å². The molecule has 3 atom stereocenters. The number of halogens is 1. The van der Waals surface area contributed by atoms with E-state index in [0.29, 0.717) is 5.56 Å². The van der Waals surface area contributed by atoms with Gasteiger partial charge in [0.05, 0.1) is 24.2 Å². The summed E-state index contributed by atoms with van der Waals surface area (Å²) in [6.07, 6.45) is -0.733. The molecule has 1 aromatic rings. The number of alkyl halides is 1. The summed E-state index contributed by atoms with van der Waals surface area (Å²) in [6.45, 7) is 15.3. The van der Waals surface area contributed by atoms with Gasteiger partial charge in [-0.1, -0.05) is 67.0 Å². The van der Waals surface area contributed by atoms with Crippen molar-refractivity contribution in [2.24, 2.45) is 5.92 Å². The highest BCUT2D eigenvalue weighted by Gasteiger charge is 2.38. The van der Waals surface area contributed by atoms with Crippen LogP contribution in [0, 0.1) is 5.92 Å². The number of hydrazine groups is 1. The molecule has 0 bridgehead atoms. The third-order valence-electron chi connectivity index (χ3n) is 6.17. The van der Waals surface area contributed by atoms with Crippen LogP contribution in [-0.2, 0) is 38.2 Å². The van der Waals surface area contributed by atoms with Crippen LogP contribution in [0.1, 0.15) is 99.5 Å². The number of ether oxygens (including phenoxy) is 2. The number of rotatable bonds is 14. The summed E-state index contributed by atoms with van der Waals surface area (Å²) in [7, 11) is 0. The van der Waals surface area contributed by atoms with Crippen molar-refractivity contribution in [1.82, 2.24) is 15.8 Å². The topological polar surface area (TPSA) is 148 Å². The standard InChI is InChI=1S/C32H48BrN3O8/c1-10-25(38)35-36(26(39)16-22(21-14-12-11-13-15-21)17-27(40)43-31(4,5)6)29(20(2)3)30(42)34-23(24(37)19-33)18-28(41)44-32(7,8)9/h11-15,20,22-23,29H,10,16-19H2,1-9H3,(H,34,42)(H,35,38). The molecule has 11 nitrogen and oxygen atoms in total. The lowest BCUT2D eigenvalue weighted by atomic mass is 9.91. The second-order valence-electron chi connectivity index (χ2n) is 12.9. The maximum Gasteiger partial charge on any atom is 0.308 e. The van der Waals surface area contributed by atoms with Crippen molar-refractivity contribution >= 4 is 51.4 Å². The molecule has 1 aromatic carbocycles. The third kappa shape index (κ3) is 14.0. The van der Waals surface area contributed by atoms with Crippen LogP contribution in [0.2, 0.25) is 0 Å². The maximum absolute atomic E-state index is 13.9. The SMILES string of the molecule is CCC(=O)NN(C(=O)CC(CC(=O)OC(C)(C)C)c1ccccc1)C(C(=O)NC(CC(=O)OC(C)(C)C)C(=O)CBr)C(C)C. The number of carbonyl (C=O) groups excluding carboxylic acids is 6. The van der Waals surface area contributed by atoms with Crippen LogP contribution < -0.4 is 10.7 Å². The molecule has 3 unspecified atom stereocenters. The smallest absolute Gasteiger partial charge is 0.308 e. The Labute approximate surface area is 269 Å². The van der Waals surface area contributed by atoms with Gasteiger partial charge in [-0.3, -0.25) is 34.2 Å². The molecule has 0 aromatic heterocycles. The summed E-state index contributed by atoms with van der Waals surface area (Å²) in [4.78, 5) is 78.3. The number of hydrogen-bond acceptors (Lipinski definition) is 8. The number of benzene rings is 1. The lowest BCUT2D eigenvalue weighted by Gasteiger charge is -2.35. The van der Waals surface area contributed by atoms with E-state index in [2.05, 4.69) is 26.7 Å². The Hall–Kier alpha value is -3.28. The van der Waals surface area contributed by atoms with Gasteiger partial charge in [-0.05, 0) is 53.0 Å². The van der Waals surface area contributed by atoms with Crippen LogP contribution in [0.3, 0.4) is 0 Å². The first-order chi connectivity index (χ1) is 20.3. The third-order valence-corrected chi connectivity index (χ3v) is 6.72. The van der Waals surface area contributed by atoms with E-state index in [1.54, 1.807) is 86.6 Å². The second-order valence-corrected chi connectivity index (χ2v) is 13.5. The predicted molar refractivity (Wildman–Crippen MR) is 169 cm³/mol. The number of Topliss-reactive ketones (excluding diaryl/α,β-unsaturated/α-hetero) is 1. The quantitative estimate of drug-likeness (QED) is 0.167. The van der Waals surface area contributed by atoms with E-state index in [9.17, 15) is 28.8 Å². The number of amides is 3. The molecule has 0 aliphatic rings. The van der Waals surface area contributed by atoms with E-state index >= 15 is 0 Å². The first-order valence-electron chi connectivity index (χ1n) is 14.8. The van der Waals surface area contributed by atoms with Crippen LogP contribution >= 0.6 is 15.9 Å². The Morgan fingerprint density at radius 2 is 1.36 bits per heavy atom. The minimum atomic E-state index is -1.25. The van der Waals surface area contributed by atoms with E-state index in [1.807, 2.05) is 6.07 Å². The van der Waals surface area contributed by atoms with Gasteiger partial charge in [0, 0.05) is 18.8 Å². The molecular formula is C32H48BrN3O8. The number of hydrogen-bond donors (Lipinski definition) is 2. The average Bonchev–Trinajstić information content (AvgIpc) is 2.89. The van der Waals surface area contributed by atoms with Gasteiger partial charge in [0.1, 0.15) is 17.2 Å². The molecule has 12 heteroatoms. The molecule has 0 saturated heterocycles. The highest BCUT2D eigenvalue weighted by atomic mass is 79.9. The largest absolute Gasteiger partial charge is 0.460 e. The van der Waals surface area contributed by atoms with Crippen LogP contribution in [0.4, 0.5) is 0 Å². The van der Waals surface area contributed by atoms with Gasteiger partial charge in [-0.25, -0.2) is 5.01 Å². The number of ketones is 1. The Kier molecular flexibility index (Phi) is 15.2. The summed E-state index contributed by atoms with van der Waals surface area (Å²) in [6, 6.07) is 6.48. The molecule has 0 radical (unpaired) electrons. The first-order valence-corrected chi connectivity index (χ1v) is 15.9. The van der Waals surface area contributed by atoms with Crippen molar-refractivity contribution in [1.29, 1.82) is 0 Å². The molecular weight excluding hydrogens is 634 g/mol. The van der Waals surface area contributed by atoms with E-state index in [0.717, 1.165) is 5.01 Å².